The molecule has 3 heterocycles. The van der Waals surface area contributed by atoms with Gasteiger partial charge in [-0.1, -0.05) is 97.3 Å². The van der Waals surface area contributed by atoms with Gasteiger partial charge in [0, 0.05) is 21.1 Å². The average molecular weight is 597 g/mol. The zero-order valence-electron chi connectivity index (χ0n) is 26.3. The Balaban J connectivity index is 0.000000278. The third kappa shape index (κ3) is 6.73. The van der Waals surface area contributed by atoms with Crippen molar-refractivity contribution in [1.29, 1.82) is 0 Å². The fourth-order valence-electron chi connectivity index (χ4n) is 7.24. The molecule has 0 bridgehead atoms. The zero-order chi connectivity index (χ0) is 28.9. The van der Waals surface area contributed by atoms with E-state index in [1.807, 2.05) is 0 Å². The van der Waals surface area contributed by atoms with Crippen LogP contribution in [0.1, 0.15) is 131 Å². The van der Waals surface area contributed by atoms with Gasteiger partial charge in [-0.2, -0.15) is 8.75 Å². The second-order valence-electron chi connectivity index (χ2n) is 12.5. The normalized spacial score (nSPS) is 22.9. The minimum absolute atomic E-state index is 0.387. The lowest BCUT2D eigenvalue weighted by Crippen LogP contribution is -2.36. The number of benzene rings is 1. The lowest BCUT2D eigenvalue weighted by atomic mass is 9.63. The number of unbranched alkanes of at least 4 members (excludes halogenated alkanes) is 2. The highest BCUT2D eigenvalue weighted by molar-refractivity contribution is 8.03. The number of thioether (sulfide) groups is 1. The maximum absolute atomic E-state index is 4.21. The summed E-state index contributed by atoms with van der Waals surface area (Å²) < 4.78 is 8.42. The molecule has 1 aliphatic carbocycles. The maximum Gasteiger partial charge on any atom is 0.107 e. The lowest BCUT2D eigenvalue weighted by molar-refractivity contribution is 0.191. The van der Waals surface area contributed by atoms with Crippen molar-refractivity contribution in [2.45, 2.75) is 130 Å². The fourth-order valence-corrected chi connectivity index (χ4v) is 10.7. The third-order valence-electron chi connectivity index (χ3n) is 9.58. The Morgan fingerprint density at radius 1 is 0.825 bits per heavy atom. The topological polar surface area (TPSA) is 25.8 Å². The van der Waals surface area contributed by atoms with E-state index in [0.717, 1.165) is 28.8 Å². The number of hydrogen-bond donors (Lipinski definition) is 0. The van der Waals surface area contributed by atoms with E-state index in [1.54, 1.807) is 15.3 Å². The van der Waals surface area contributed by atoms with Crippen LogP contribution in [0.2, 0.25) is 0 Å². The van der Waals surface area contributed by atoms with E-state index in [-0.39, 0.29) is 0 Å². The lowest BCUT2D eigenvalue weighted by Gasteiger charge is -2.41. The van der Waals surface area contributed by atoms with Crippen LogP contribution in [-0.2, 0) is 5.41 Å². The Labute approximate surface area is 257 Å². The monoisotopic (exact) mass is 596 g/mol. The first-order chi connectivity index (χ1) is 19.3. The minimum Gasteiger partial charge on any atom is -0.173 e. The molecule has 0 fully saturated rings. The number of nitrogens with zero attached hydrogens (tertiary/aromatic N) is 2. The molecule has 2 aromatic heterocycles. The molecular formula is C35H52N2S3. The summed E-state index contributed by atoms with van der Waals surface area (Å²) in [7, 11) is 0. The third-order valence-corrected chi connectivity index (χ3v) is 12.7. The second-order valence-corrected chi connectivity index (χ2v) is 15.7. The Morgan fingerprint density at radius 3 is 1.88 bits per heavy atom. The van der Waals surface area contributed by atoms with Crippen molar-refractivity contribution in [2.24, 2.45) is 17.8 Å². The van der Waals surface area contributed by atoms with Crippen molar-refractivity contribution < 1.29 is 0 Å². The molecule has 2 nitrogen and oxygen atoms in total. The van der Waals surface area contributed by atoms with Crippen LogP contribution in [0.4, 0.5) is 0 Å². The molecule has 4 atom stereocenters. The summed E-state index contributed by atoms with van der Waals surface area (Å²) in [5.74, 6) is 2.50. The highest BCUT2D eigenvalue weighted by Gasteiger charge is 2.55. The number of allylic oxidation sites excluding steroid dienone is 2. The summed E-state index contributed by atoms with van der Waals surface area (Å²) in [6, 6.07) is 6.78. The van der Waals surface area contributed by atoms with E-state index in [0.29, 0.717) is 10.7 Å². The molecule has 0 radical (unpaired) electrons. The van der Waals surface area contributed by atoms with Crippen LogP contribution in [0.25, 0.3) is 11.0 Å². The van der Waals surface area contributed by atoms with Crippen molar-refractivity contribution in [3.05, 3.63) is 55.6 Å². The number of aromatic nitrogens is 2. The largest absolute Gasteiger partial charge is 0.173 e. The van der Waals surface area contributed by atoms with Crippen molar-refractivity contribution in [1.82, 2.24) is 8.75 Å². The standard InChI is InChI=1S/C27H44S2.C8H8N2S/c1-7-11-13-21(9-3)17-27(18-22(10-4)14-12-8-2)23-15-19(5)28-25(23)26-24(27)16-20(6)29-26;1-5-3-4-6(2)8-7(5)9-11-10-8/h15-16,21-23,25H,7-14,17-18H2,1-6H3;3-4H,1-2H3. The van der Waals surface area contributed by atoms with Crippen LogP contribution in [0.15, 0.2) is 29.2 Å². The molecule has 4 unspecified atom stereocenters. The highest BCUT2D eigenvalue weighted by atomic mass is 32.2. The summed E-state index contributed by atoms with van der Waals surface area (Å²) >= 11 is 5.56. The maximum atomic E-state index is 4.21. The molecule has 5 heteroatoms. The molecule has 0 saturated heterocycles. The second kappa shape index (κ2) is 14.3. The molecule has 0 spiro atoms. The van der Waals surface area contributed by atoms with E-state index in [9.17, 15) is 0 Å². The van der Waals surface area contributed by atoms with Gasteiger partial charge in [0.2, 0.25) is 0 Å². The van der Waals surface area contributed by atoms with E-state index in [4.69, 9.17) is 0 Å². The van der Waals surface area contributed by atoms with Gasteiger partial charge in [-0.3, -0.25) is 0 Å². The Morgan fingerprint density at radius 2 is 1.38 bits per heavy atom. The molecule has 0 saturated carbocycles. The molecule has 0 N–H and O–H groups in total. The first-order valence-electron chi connectivity index (χ1n) is 15.9. The first-order valence-corrected chi connectivity index (χ1v) is 18.3. The fraction of sp³-hybridized carbons (Fsp3) is 0.657. The van der Waals surface area contributed by atoms with Gasteiger partial charge in [-0.25, -0.2) is 0 Å². The van der Waals surface area contributed by atoms with Crippen LogP contribution >= 0.6 is 34.8 Å². The van der Waals surface area contributed by atoms with Gasteiger partial charge in [0.25, 0.3) is 0 Å². The summed E-state index contributed by atoms with van der Waals surface area (Å²) in [5, 5.41) is 0.705. The van der Waals surface area contributed by atoms with Gasteiger partial charge >= 0.3 is 0 Å². The Bertz CT molecular complexity index is 1210. The summed E-state index contributed by atoms with van der Waals surface area (Å²) in [4.78, 5) is 4.84. The highest BCUT2D eigenvalue weighted by Crippen LogP contribution is 2.67. The van der Waals surface area contributed by atoms with Crippen LogP contribution in [-0.4, -0.2) is 8.75 Å². The van der Waals surface area contributed by atoms with Crippen LogP contribution in [0.3, 0.4) is 0 Å². The van der Waals surface area contributed by atoms with Crippen molar-refractivity contribution in [2.75, 3.05) is 0 Å². The van der Waals surface area contributed by atoms with E-state index in [2.05, 4.69) is 112 Å². The van der Waals surface area contributed by atoms with E-state index in [1.165, 1.54) is 91.9 Å². The van der Waals surface area contributed by atoms with Crippen molar-refractivity contribution in [3.63, 3.8) is 0 Å². The number of rotatable bonds is 12. The SMILES string of the molecule is CCCCC(CC)CC1(CC(CC)CCCC)c2cc(C)sc2C2SC(C)=CC21.Cc1ccc(C)c2nsnc12. The van der Waals surface area contributed by atoms with E-state index >= 15 is 0 Å². The van der Waals surface area contributed by atoms with Crippen LogP contribution < -0.4 is 0 Å². The predicted molar refractivity (Wildman–Crippen MR) is 181 cm³/mol. The molecule has 5 rings (SSSR count). The number of hydrogen-bond acceptors (Lipinski definition) is 5. The molecule has 1 aliphatic heterocycles. The first kappa shape index (κ1) is 31.8. The zero-order valence-corrected chi connectivity index (χ0v) is 28.8. The smallest absolute Gasteiger partial charge is 0.107 e. The summed E-state index contributed by atoms with van der Waals surface area (Å²) in [6.07, 6.45) is 16.5. The van der Waals surface area contributed by atoms with Crippen LogP contribution in [0, 0.1) is 38.5 Å². The van der Waals surface area contributed by atoms with Crippen molar-refractivity contribution in [3.8, 4) is 0 Å². The molecule has 1 aromatic carbocycles. The Hall–Kier alpha value is -1.17. The van der Waals surface area contributed by atoms with Gasteiger partial charge in [-0.15, -0.1) is 23.1 Å². The molecule has 2 aliphatic rings. The van der Waals surface area contributed by atoms with Gasteiger partial charge in [0.1, 0.15) is 11.0 Å². The quantitative estimate of drug-likeness (QED) is 0.208. The number of fused-ring (bicyclic) bond motifs is 4. The van der Waals surface area contributed by atoms with Crippen LogP contribution in [0.5, 0.6) is 0 Å². The number of aryl methyl sites for hydroxylation is 3. The average Bonchev–Trinajstić information content (AvgIpc) is 3.72. The molecule has 40 heavy (non-hydrogen) atoms. The van der Waals surface area contributed by atoms with Gasteiger partial charge in [0.15, 0.2) is 0 Å². The van der Waals surface area contributed by atoms with E-state index < -0.39 is 0 Å². The number of thiophene rings is 1. The molecule has 0 amide bonds. The van der Waals surface area contributed by atoms with Crippen molar-refractivity contribution >= 4 is 45.9 Å². The molecule has 3 aromatic rings. The van der Waals surface area contributed by atoms with Gasteiger partial charge < -0.3 is 0 Å². The predicted octanol–water partition coefficient (Wildman–Crippen LogP) is 12.1. The Kier molecular flexibility index (Phi) is 11.4. The minimum atomic E-state index is 0.387. The molecule has 220 valence electrons. The summed E-state index contributed by atoms with van der Waals surface area (Å²) in [5.41, 5.74) is 6.68. The van der Waals surface area contributed by atoms with Gasteiger partial charge in [0.05, 0.1) is 17.0 Å². The molecular weight excluding hydrogens is 545 g/mol. The van der Waals surface area contributed by atoms with Gasteiger partial charge in [-0.05, 0) is 80.0 Å². The summed E-state index contributed by atoms with van der Waals surface area (Å²) in [6.45, 7) is 18.4.